The zero-order valence-electron chi connectivity index (χ0n) is 13.5. The maximum absolute atomic E-state index is 12.2. The number of hydrogen-bond acceptors (Lipinski definition) is 4. The molecule has 21 heavy (non-hydrogen) atoms. The summed E-state index contributed by atoms with van der Waals surface area (Å²) in [6, 6.07) is 3.52. The lowest BCUT2D eigenvalue weighted by Gasteiger charge is -2.16. The second kappa shape index (κ2) is 9.27. The monoisotopic (exact) mass is 294 g/mol. The van der Waals surface area contributed by atoms with Crippen LogP contribution in [-0.4, -0.2) is 25.6 Å². The maximum Gasteiger partial charge on any atom is 0.203 e. The van der Waals surface area contributed by atoms with E-state index in [0.717, 1.165) is 12.8 Å². The molecule has 0 saturated carbocycles. The van der Waals surface area contributed by atoms with E-state index in [9.17, 15) is 4.79 Å². The minimum absolute atomic E-state index is 0.113. The molecular weight excluding hydrogens is 268 g/mol. The summed E-state index contributed by atoms with van der Waals surface area (Å²) in [6.07, 6.45) is 2.43. The standard InChI is InChI=1S/C17H26O4/c1-5-9-10-14(18)13-11-15(19-6-2)17(21-8-4)16(12-13)20-7-3/h11-12H,5-10H2,1-4H3. The van der Waals surface area contributed by atoms with Crippen LogP contribution in [0.25, 0.3) is 0 Å². The van der Waals surface area contributed by atoms with E-state index in [4.69, 9.17) is 14.2 Å². The van der Waals surface area contributed by atoms with Crippen molar-refractivity contribution in [2.45, 2.75) is 47.0 Å². The first-order valence-electron chi connectivity index (χ1n) is 7.77. The van der Waals surface area contributed by atoms with Crippen molar-refractivity contribution in [1.82, 2.24) is 0 Å². The fourth-order valence-electron chi connectivity index (χ4n) is 2.03. The van der Waals surface area contributed by atoms with Gasteiger partial charge in [-0.05, 0) is 39.3 Å². The predicted octanol–water partition coefficient (Wildman–Crippen LogP) is 4.26. The van der Waals surface area contributed by atoms with Crippen molar-refractivity contribution in [2.24, 2.45) is 0 Å². The van der Waals surface area contributed by atoms with Gasteiger partial charge >= 0.3 is 0 Å². The zero-order valence-corrected chi connectivity index (χ0v) is 13.5. The molecule has 1 aromatic rings. The van der Waals surface area contributed by atoms with Crippen LogP contribution in [-0.2, 0) is 0 Å². The Morgan fingerprint density at radius 1 is 0.905 bits per heavy atom. The fraction of sp³-hybridized carbons (Fsp3) is 0.588. The average molecular weight is 294 g/mol. The minimum atomic E-state index is 0.113. The van der Waals surface area contributed by atoms with Crippen LogP contribution in [0.4, 0.5) is 0 Å². The molecule has 0 aliphatic carbocycles. The average Bonchev–Trinajstić information content (AvgIpc) is 2.48. The van der Waals surface area contributed by atoms with Crippen molar-refractivity contribution in [1.29, 1.82) is 0 Å². The van der Waals surface area contributed by atoms with E-state index in [-0.39, 0.29) is 5.78 Å². The van der Waals surface area contributed by atoms with Crippen LogP contribution in [0.1, 0.15) is 57.3 Å². The lowest BCUT2D eigenvalue weighted by molar-refractivity contribution is 0.0978. The zero-order chi connectivity index (χ0) is 15.7. The number of hydrogen-bond donors (Lipinski definition) is 0. The molecule has 1 rings (SSSR count). The van der Waals surface area contributed by atoms with Gasteiger partial charge in [-0.2, -0.15) is 0 Å². The van der Waals surface area contributed by atoms with E-state index in [1.54, 1.807) is 12.1 Å². The van der Waals surface area contributed by atoms with Gasteiger partial charge in [-0.1, -0.05) is 13.3 Å². The lowest BCUT2D eigenvalue weighted by atomic mass is 10.0. The summed E-state index contributed by atoms with van der Waals surface area (Å²) in [5, 5.41) is 0. The molecule has 0 N–H and O–H groups in total. The highest BCUT2D eigenvalue weighted by Gasteiger charge is 2.17. The molecule has 118 valence electrons. The van der Waals surface area contributed by atoms with Crippen LogP contribution in [0.2, 0.25) is 0 Å². The van der Waals surface area contributed by atoms with Gasteiger partial charge in [0.15, 0.2) is 17.3 Å². The number of Topliss-reactive ketones (excluding diaryl/α,β-unsaturated/α-hetero) is 1. The van der Waals surface area contributed by atoms with E-state index in [0.29, 0.717) is 49.1 Å². The molecule has 0 atom stereocenters. The Morgan fingerprint density at radius 2 is 1.43 bits per heavy atom. The van der Waals surface area contributed by atoms with Crippen molar-refractivity contribution in [2.75, 3.05) is 19.8 Å². The van der Waals surface area contributed by atoms with Crippen LogP contribution in [0.5, 0.6) is 17.2 Å². The third kappa shape index (κ3) is 4.96. The van der Waals surface area contributed by atoms with Gasteiger partial charge in [0.2, 0.25) is 5.75 Å². The summed E-state index contributed by atoms with van der Waals surface area (Å²) in [7, 11) is 0. The molecule has 0 aliphatic heterocycles. The maximum atomic E-state index is 12.2. The second-order valence-electron chi connectivity index (χ2n) is 4.63. The molecule has 0 fully saturated rings. The predicted molar refractivity (Wildman–Crippen MR) is 83.8 cm³/mol. The van der Waals surface area contributed by atoms with E-state index in [2.05, 4.69) is 6.92 Å². The fourth-order valence-corrected chi connectivity index (χ4v) is 2.03. The normalized spacial score (nSPS) is 10.3. The number of ether oxygens (including phenoxy) is 3. The number of carbonyl (C=O) groups is 1. The van der Waals surface area contributed by atoms with Gasteiger partial charge in [0.05, 0.1) is 19.8 Å². The van der Waals surface area contributed by atoms with Crippen LogP contribution in [0.15, 0.2) is 12.1 Å². The number of carbonyl (C=O) groups excluding carboxylic acids is 1. The summed E-state index contributed by atoms with van der Waals surface area (Å²) >= 11 is 0. The van der Waals surface area contributed by atoms with E-state index < -0.39 is 0 Å². The Morgan fingerprint density at radius 3 is 1.86 bits per heavy atom. The molecule has 0 amide bonds. The highest BCUT2D eigenvalue weighted by molar-refractivity contribution is 5.97. The van der Waals surface area contributed by atoms with Crippen molar-refractivity contribution in [3.05, 3.63) is 17.7 Å². The molecule has 0 bridgehead atoms. The molecule has 0 heterocycles. The van der Waals surface area contributed by atoms with Gasteiger partial charge in [0, 0.05) is 12.0 Å². The highest BCUT2D eigenvalue weighted by atomic mass is 16.5. The van der Waals surface area contributed by atoms with Crippen LogP contribution < -0.4 is 14.2 Å². The largest absolute Gasteiger partial charge is 0.490 e. The third-order valence-electron chi connectivity index (χ3n) is 2.99. The number of ketones is 1. The Kier molecular flexibility index (Phi) is 7.65. The molecule has 0 aromatic heterocycles. The van der Waals surface area contributed by atoms with Gasteiger partial charge in [-0.25, -0.2) is 0 Å². The van der Waals surface area contributed by atoms with Crippen LogP contribution in [0, 0.1) is 0 Å². The van der Waals surface area contributed by atoms with Crippen LogP contribution in [0.3, 0.4) is 0 Å². The van der Waals surface area contributed by atoms with Gasteiger partial charge < -0.3 is 14.2 Å². The van der Waals surface area contributed by atoms with Gasteiger partial charge in [-0.15, -0.1) is 0 Å². The smallest absolute Gasteiger partial charge is 0.203 e. The summed E-state index contributed by atoms with van der Waals surface area (Å²) < 4.78 is 16.9. The van der Waals surface area contributed by atoms with Gasteiger partial charge in [0.1, 0.15) is 0 Å². The van der Waals surface area contributed by atoms with E-state index >= 15 is 0 Å². The Hall–Kier alpha value is -1.71. The molecule has 0 saturated heterocycles. The summed E-state index contributed by atoms with van der Waals surface area (Å²) in [4.78, 5) is 12.2. The molecular formula is C17H26O4. The van der Waals surface area contributed by atoms with Gasteiger partial charge in [0.25, 0.3) is 0 Å². The van der Waals surface area contributed by atoms with E-state index in [1.807, 2.05) is 20.8 Å². The van der Waals surface area contributed by atoms with Crippen molar-refractivity contribution >= 4 is 5.78 Å². The van der Waals surface area contributed by atoms with Crippen molar-refractivity contribution in [3.63, 3.8) is 0 Å². The Labute approximate surface area is 127 Å². The van der Waals surface area contributed by atoms with Crippen molar-refractivity contribution in [3.8, 4) is 17.2 Å². The number of benzene rings is 1. The summed E-state index contributed by atoms with van der Waals surface area (Å²) in [5.74, 6) is 1.84. The van der Waals surface area contributed by atoms with E-state index in [1.165, 1.54) is 0 Å². The first kappa shape index (κ1) is 17.3. The molecule has 1 aromatic carbocycles. The number of unbranched alkanes of at least 4 members (excludes halogenated alkanes) is 1. The molecule has 4 heteroatoms. The Balaban J connectivity index is 3.18. The van der Waals surface area contributed by atoms with Crippen LogP contribution >= 0.6 is 0 Å². The quantitative estimate of drug-likeness (QED) is 0.605. The topological polar surface area (TPSA) is 44.8 Å². The minimum Gasteiger partial charge on any atom is -0.490 e. The van der Waals surface area contributed by atoms with Crippen molar-refractivity contribution < 1.29 is 19.0 Å². The third-order valence-corrected chi connectivity index (χ3v) is 2.99. The van der Waals surface area contributed by atoms with Gasteiger partial charge in [-0.3, -0.25) is 4.79 Å². The molecule has 0 radical (unpaired) electrons. The molecule has 0 unspecified atom stereocenters. The Bertz CT molecular complexity index is 427. The lowest BCUT2D eigenvalue weighted by Crippen LogP contribution is -2.06. The molecule has 0 aliphatic rings. The second-order valence-corrected chi connectivity index (χ2v) is 4.63. The SMILES string of the molecule is CCCCC(=O)c1cc(OCC)c(OCC)c(OCC)c1. The first-order valence-corrected chi connectivity index (χ1v) is 7.77. The molecule has 4 nitrogen and oxygen atoms in total. The summed E-state index contributed by atoms with van der Waals surface area (Å²) in [6.45, 7) is 9.33. The number of rotatable bonds is 10. The summed E-state index contributed by atoms with van der Waals surface area (Å²) in [5.41, 5.74) is 0.624. The first-order chi connectivity index (χ1) is 10.2. The highest BCUT2D eigenvalue weighted by Crippen LogP contribution is 2.39. The molecule has 0 spiro atoms.